The van der Waals surface area contributed by atoms with Crippen molar-refractivity contribution in [1.29, 1.82) is 0 Å². The van der Waals surface area contributed by atoms with E-state index < -0.39 is 27.5 Å². The highest BCUT2D eigenvalue weighted by atomic mass is 127. The number of guanidine groups is 1. The molecule has 144 valence electrons. The molecule has 1 aromatic carbocycles. The van der Waals surface area contributed by atoms with E-state index in [1.807, 2.05) is 0 Å². The Hall–Kier alpha value is -1.01. The van der Waals surface area contributed by atoms with Crippen molar-refractivity contribution >= 4 is 39.8 Å². The Balaban J connectivity index is 0.00000576. The van der Waals surface area contributed by atoms with Gasteiger partial charge in [0, 0.05) is 31.5 Å². The van der Waals surface area contributed by atoms with Crippen molar-refractivity contribution < 1.29 is 21.9 Å². The highest BCUT2D eigenvalue weighted by Gasteiger charge is 2.13. The lowest BCUT2D eigenvalue weighted by Crippen LogP contribution is -2.40. The topological polar surface area (TPSA) is 79.8 Å². The second-order valence-corrected chi connectivity index (χ2v) is 7.53. The summed E-state index contributed by atoms with van der Waals surface area (Å²) in [6.45, 7) is 2.56. The summed E-state index contributed by atoms with van der Waals surface area (Å²) in [5.41, 5.74) is 0.323. The van der Waals surface area contributed by atoms with Crippen LogP contribution in [0, 0.1) is 11.6 Å². The highest BCUT2D eigenvalue weighted by molar-refractivity contribution is 14.0. The molecule has 0 radical (unpaired) electrons. The average molecular weight is 491 g/mol. The van der Waals surface area contributed by atoms with E-state index in [4.69, 9.17) is 4.74 Å². The number of sulfone groups is 1. The molecule has 0 saturated carbocycles. The quantitative estimate of drug-likeness (QED) is 0.251. The van der Waals surface area contributed by atoms with Crippen LogP contribution in [0.5, 0.6) is 0 Å². The van der Waals surface area contributed by atoms with E-state index in [2.05, 4.69) is 15.6 Å². The Bertz CT molecular complexity index is 672. The first-order chi connectivity index (χ1) is 11.2. The molecule has 2 N–H and O–H groups in total. The molecular formula is C15H24F2IN3O3S. The third-order valence-corrected chi connectivity index (χ3v) is 4.05. The first-order valence-corrected chi connectivity index (χ1v) is 9.46. The van der Waals surface area contributed by atoms with E-state index >= 15 is 0 Å². The van der Waals surface area contributed by atoms with Crippen LogP contribution in [0.3, 0.4) is 0 Å². The van der Waals surface area contributed by atoms with Gasteiger partial charge < -0.3 is 15.4 Å². The molecule has 25 heavy (non-hydrogen) atoms. The number of halogens is 3. The van der Waals surface area contributed by atoms with Crippen LogP contribution >= 0.6 is 24.0 Å². The lowest BCUT2D eigenvalue weighted by atomic mass is 10.1. The van der Waals surface area contributed by atoms with Crippen molar-refractivity contribution in [3.8, 4) is 0 Å². The van der Waals surface area contributed by atoms with Crippen molar-refractivity contribution in [3.05, 3.63) is 35.4 Å². The fourth-order valence-electron chi connectivity index (χ4n) is 1.88. The Morgan fingerprint density at radius 3 is 2.56 bits per heavy atom. The Morgan fingerprint density at radius 2 is 2.00 bits per heavy atom. The highest BCUT2D eigenvalue weighted by Crippen LogP contribution is 2.17. The number of hydrogen-bond donors (Lipinski definition) is 2. The van der Waals surface area contributed by atoms with Gasteiger partial charge in [-0.3, -0.25) is 4.99 Å². The fraction of sp³-hybridized carbons (Fsp3) is 0.533. The number of rotatable bonds is 8. The zero-order valence-electron chi connectivity index (χ0n) is 14.4. The first-order valence-electron chi connectivity index (χ1n) is 7.40. The molecule has 0 amide bonds. The summed E-state index contributed by atoms with van der Waals surface area (Å²) < 4.78 is 53.8. The van der Waals surface area contributed by atoms with E-state index in [9.17, 15) is 17.2 Å². The lowest BCUT2D eigenvalue weighted by Gasteiger charge is -2.18. The molecule has 0 aliphatic heterocycles. The monoisotopic (exact) mass is 491 g/mol. The van der Waals surface area contributed by atoms with E-state index in [0.717, 1.165) is 12.3 Å². The normalized spacial score (nSPS) is 13.1. The molecule has 0 bridgehead atoms. The van der Waals surface area contributed by atoms with E-state index in [1.54, 1.807) is 14.0 Å². The van der Waals surface area contributed by atoms with E-state index in [-0.39, 0.29) is 36.3 Å². The third kappa shape index (κ3) is 9.90. The van der Waals surface area contributed by atoms with Gasteiger partial charge in [0.2, 0.25) is 0 Å². The smallest absolute Gasteiger partial charge is 0.191 e. The molecule has 0 fully saturated rings. The Morgan fingerprint density at radius 1 is 1.32 bits per heavy atom. The maximum atomic E-state index is 13.7. The van der Waals surface area contributed by atoms with Gasteiger partial charge in [-0.2, -0.15) is 0 Å². The number of ether oxygens (including phenoxy) is 1. The SMILES string of the molecule is CN=C(NCCOCCS(C)(=O)=O)NC(C)c1ccc(F)cc1F.I. The van der Waals surface area contributed by atoms with Gasteiger partial charge in [0.25, 0.3) is 0 Å². The zero-order chi connectivity index (χ0) is 18.2. The van der Waals surface area contributed by atoms with Crippen LogP contribution in [0.1, 0.15) is 18.5 Å². The molecule has 0 aromatic heterocycles. The summed E-state index contributed by atoms with van der Waals surface area (Å²) in [7, 11) is -1.47. The van der Waals surface area contributed by atoms with Gasteiger partial charge in [0.05, 0.1) is 25.0 Å². The fourth-order valence-corrected chi connectivity index (χ4v) is 2.30. The number of nitrogens with one attached hydrogen (secondary N) is 2. The molecule has 1 unspecified atom stereocenters. The summed E-state index contributed by atoms with van der Waals surface area (Å²) in [4.78, 5) is 4.00. The van der Waals surface area contributed by atoms with Crippen LogP contribution < -0.4 is 10.6 Å². The molecule has 0 spiro atoms. The summed E-state index contributed by atoms with van der Waals surface area (Å²) >= 11 is 0. The molecule has 1 aromatic rings. The summed E-state index contributed by atoms with van der Waals surface area (Å²) in [5, 5.41) is 5.95. The van der Waals surface area contributed by atoms with E-state index in [1.165, 1.54) is 12.1 Å². The molecule has 10 heteroatoms. The molecule has 1 atom stereocenters. The van der Waals surface area contributed by atoms with Crippen LogP contribution in [-0.4, -0.2) is 53.2 Å². The Labute approximate surface area is 164 Å². The van der Waals surface area contributed by atoms with E-state index in [0.29, 0.717) is 24.7 Å². The summed E-state index contributed by atoms with van der Waals surface area (Å²) in [6, 6.07) is 2.99. The second kappa shape index (κ2) is 11.6. The molecular weight excluding hydrogens is 467 g/mol. The number of hydrogen-bond acceptors (Lipinski definition) is 4. The molecule has 6 nitrogen and oxygen atoms in total. The number of benzene rings is 1. The maximum Gasteiger partial charge on any atom is 0.191 e. The zero-order valence-corrected chi connectivity index (χ0v) is 17.5. The van der Waals surface area contributed by atoms with Gasteiger partial charge >= 0.3 is 0 Å². The minimum absolute atomic E-state index is 0. The van der Waals surface area contributed by atoms with Crippen molar-refractivity contribution in [1.82, 2.24) is 10.6 Å². The minimum atomic E-state index is -3.03. The largest absolute Gasteiger partial charge is 0.379 e. The van der Waals surface area contributed by atoms with Gasteiger partial charge in [-0.25, -0.2) is 17.2 Å². The van der Waals surface area contributed by atoms with Crippen LogP contribution in [-0.2, 0) is 14.6 Å². The third-order valence-electron chi connectivity index (χ3n) is 3.14. The summed E-state index contributed by atoms with van der Waals surface area (Å²) in [5.74, 6) is -0.856. The van der Waals surface area contributed by atoms with Crippen LogP contribution in [0.15, 0.2) is 23.2 Å². The molecule has 0 heterocycles. The van der Waals surface area contributed by atoms with Crippen molar-refractivity contribution in [2.24, 2.45) is 4.99 Å². The van der Waals surface area contributed by atoms with Crippen LogP contribution in [0.25, 0.3) is 0 Å². The van der Waals surface area contributed by atoms with Crippen LogP contribution in [0.4, 0.5) is 8.78 Å². The molecule has 0 saturated heterocycles. The van der Waals surface area contributed by atoms with Crippen molar-refractivity contribution in [3.63, 3.8) is 0 Å². The van der Waals surface area contributed by atoms with Gasteiger partial charge in [-0.15, -0.1) is 24.0 Å². The first kappa shape index (κ1) is 24.0. The van der Waals surface area contributed by atoms with Gasteiger partial charge in [-0.1, -0.05) is 6.07 Å². The van der Waals surface area contributed by atoms with Crippen molar-refractivity contribution in [2.75, 3.05) is 38.8 Å². The lowest BCUT2D eigenvalue weighted by molar-refractivity contribution is 0.154. The van der Waals surface area contributed by atoms with Gasteiger partial charge in [0.1, 0.15) is 21.5 Å². The van der Waals surface area contributed by atoms with Crippen LogP contribution in [0.2, 0.25) is 0 Å². The predicted octanol–water partition coefficient (Wildman–Crippen LogP) is 1.87. The van der Waals surface area contributed by atoms with Gasteiger partial charge in [0.15, 0.2) is 5.96 Å². The van der Waals surface area contributed by atoms with Crippen molar-refractivity contribution in [2.45, 2.75) is 13.0 Å². The molecule has 1 rings (SSSR count). The number of aliphatic imine (C=N–C) groups is 1. The minimum Gasteiger partial charge on any atom is -0.379 e. The maximum absolute atomic E-state index is 13.7. The predicted molar refractivity (Wildman–Crippen MR) is 105 cm³/mol. The second-order valence-electron chi connectivity index (χ2n) is 5.27. The van der Waals surface area contributed by atoms with Gasteiger partial charge in [-0.05, 0) is 13.0 Å². The number of nitrogens with zero attached hydrogens (tertiary/aromatic N) is 1. The average Bonchev–Trinajstić information content (AvgIpc) is 2.48. The summed E-state index contributed by atoms with van der Waals surface area (Å²) in [6.07, 6.45) is 1.15. The molecule has 0 aliphatic carbocycles. The molecule has 0 aliphatic rings. The standard InChI is InChI=1S/C15H23F2N3O3S.HI/c1-11(13-5-4-12(16)10-14(13)17)20-15(18-2)19-6-7-23-8-9-24(3,21)22;/h4-5,10-11H,6-9H2,1-3H3,(H2,18,19,20);1H. The Kier molecular flexibility index (Phi) is 11.1.